The number of aromatic nitrogens is 2. The lowest BCUT2D eigenvalue weighted by Gasteiger charge is -2.38. The second-order valence-electron chi connectivity index (χ2n) is 7.91. The van der Waals surface area contributed by atoms with Crippen molar-refractivity contribution in [2.45, 2.75) is 32.7 Å². The summed E-state index contributed by atoms with van der Waals surface area (Å²) >= 11 is 0. The quantitative estimate of drug-likeness (QED) is 0.578. The standard InChI is InChI=1S/C22H26N6O5/c1-12-4-6-17(14-5-7-18(24-9-14)26-13(2)29)28(11-12)22(32)20(31)27-15-8-16(19(23)30)21(33-3)25-10-15/h5,7-10,12,17H,4,6,11H2,1-3H3,(H2,23,30)(H,27,31)(H,24,26,29)/t12-,17+/m1/s1. The van der Waals surface area contributed by atoms with Gasteiger partial charge in [0.2, 0.25) is 11.8 Å². The first kappa shape index (κ1) is 23.6. The number of hydrogen-bond acceptors (Lipinski definition) is 7. The van der Waals surface area contributed by atoms with Gasteiger partial charge in [0.1, 0.15) is 11.4 Å². The number of piperidine rings is 1. The van der Waals surface area contributed by atoms with Crippen LogP contribution >= 0.6 is 0 Å². The molecule has 174 valence electrons. The fourth-order valence-electron chi connectivity index (χ4n) is 3.76. The lowest BCUT2D eigenvalue weighted by Crippen LogP contribution is -2.46. The monoisotopic (exact) mass is 454 g/mol. The molecule has 1 saturated heterocycles. The molecule has 0 saturated carbocycles. The van der Waals surface area contributed by atoms with Crippen LogP contribution in [0.3, 0.4) is 0 Å². The Bertz CT molecular complexity index is 1070. The number of primary amides is 1. The third kappa shape index (κ3) is 5.62. The largest absolute Gasteiger partial charge is 0.480 e. The Hall–Kier alpha value is -4.02. The maximum atomic E-state index is 13.1. The van der Waals surface area contributed by atoms with Gasteiger partial charge in [0, 0.05) is 19.7 Å². The van der Waals surface area contributed by atoms with Gasteiger partial charge in [0.15, 0.2) is 0 Å². The average molecular weight is 454 g/mol. The molecular formula is C22H26N6O5. The molecule has 1 aliphatic rings. The second-order valence-corrected chi connectivity index (χ2v) is 7.91. The molecule has 11 nitrogen and oxygen atoms in total. The van der Waals surface area contributed by atoms with Crippen LogP contribution in [0.2, 0.25) is 0 Å². The number of carbonyl (C=O) groups is 4. The van der Waals surface area contributed by atoms with Crippen LogP contribution in [0.25, 0.3) is 0 Å². The van der Waals surface area contributed by atoms with Crippen LogP contribution in [-0.2, 0) is 14.4 Å². The number of nitrogens with zero attached hydrogens (tertiary/aromatic N) is 3. The Labute approximate surface area is 190 Å². The maximum Gasteiger partial charge on any atom is 0.313 e. The molecule has 0 aromatic carbocycles. The Morgan fingerprint density at radius 1 is 1.12 bits per heavy atom. The lowest BCUT2D eigenvalue weighted by atomic mass is 9.90. The molecule has 4 N–H and O–H groups in total. The summed E-state index contributed by atoms with van der Waals surface area (Å²) in [4.78, 5) is 58.4. The molecule has 3 heterocycles. The third-order valence-corrected chi connectivity index (χ3v) is 5.32. The van der Waals surface area contributed by atoms with E-state index < -0.39 is 17.7 Å². The normalized spacial score (nSPS) is 17.7. The fraction of sp³-hybridized carbons (Fsp3) is 0.364. The van der Waals surface area contributed by atoms with E-state index in [-0.39, 0.29) is 35.0 Å². The maximum absolute atomic E-state index is 13.1. The van der Waals surface area contributed by atoms with Crippen molar-refractivity contribution >= 4 is 35.1 Å². The zero-order valence-corrected chi connectivity index (χ0v) is 18.6. The first-order valence-electron chi connectivity index (χ1n) is 10.4. The number of ether oxygens (including phenoxy) is 1. The summed E-state index contributed by atoms with van der Waals surface area (Å²) in [5, 5.41) is 5.08. The molecule has 0 bridgehead atoms. The highest BCUT2D eigenvalue weighted by molar-refractivity contribution is 6.39. The van der Waals surface area contributed by atoms with Gasteiger partial charge in [-0.2, -0.15) is 0 Å². The predicted octanol–water partition coefficient (Wildman–Crippen LogP) is 1.48. The molecule has 1 fully saturated rings. The van der Waals surface area contributed by atoms with Gasteiger partial charge < -0.3 is 26.0 Å². The smallest absolute Gasteiger partial charge is 0.313 e. The minimum atomic E-state index is -0.862. The molecule has 4 amide bonds. The molecule has 3 rings (SSSR count). The molecule has 0 unspecified atom stereocenters. The van der Waals surface area contributed by atoms with Crippen molar-refractivity contribution in [3.8, 4) is 5.88 Å². The average Bonchev–Trinajstić information content (AvgIpc) is 2.78. The van der Waals surface area contributed by atoms with Gasteiger partial charge in [-0.3, -0.25) is 19.2 Å². The Balaban J connectivity index is 1.79. The number of anilines is 2. The van der Waals surface area contributed by atoms with Crippen LogP contribution < -0.4 is 21.1 Å². The summed E-state index contributed by atoms with van der Waals surface area (Å²) in [5.41, 5.74) is 6.22. The van der Waals surface area contributed by atoms with Crippen molar-refractivity contribution in [3.05, 3.63) is 41.7 Å². The minimum Gasteiger partial charge on any atom is -0.480 e. The summed E-state index contributed by atoms with van der Waals surface area (Å²) < 4.78 is 4.98. The van der Waals surface area contributed by atoms with E-state index in [4.69, 9.17) is 10.5 Å². The molecule has 1 aliphatic heterocycles. The zero-order valence-electron chi connectivity index (χ0n) is 18.6. The number of nitrogens with one attached hydrogen (secondary N) is 2. The topological polar surface area (TPSA) is 157 Å². The van der Waals surface area contributed by atoms with Gasteiger partial charge in [-0.25, -0.2) is 9.97 Å². The van der Waals surface area contributed by atoms with Crippen LogP contribution in [-0.4, -0.2) is 52.2 Å². The lowest BCUT2D eigenvalue weighted by molar-refractivity contribution is -0.146. The first-order valence-corrected chi connectivity index (χ1v) is 10.4. The zero-order chi connectivity index (χ0) is 24.1. The van der Waals surface area contributed by atoms with Crippen molar-refractivity contribution in [2.75, 3.05) is 24.3 Å². The number of likely N-dealkylation sites (tertiary alicyclic amines) is 1. The number of methoxy groups -OCH3 is 1. The van der Waals surface area contributed by atoms with Gasteiger partial charge in [-0.1, -0.05) is 13.0 Å². The molecule has 0 radical (unpaired) electrons. The number of hydrogen-bond donors (Lipinski definition) is 3. The molecule has 0 spiro atoms. The van der Waals surface area contributed by atoms with Gasteiger partial charge in [-0.15, -0.1) is 0 Å². The number of rotatable bonds is 5. The van der Waals surface area contributed by atoms with Crippen LogP contribution in [0.5, 0.6) is 5.88 Å². The van der Waals surface area contributed by atoms with Gasteiger partial charge >= 0.3 is 11.8 Å². The molecule has 2 aromatic rings. The number of pyridine rings is 2. The highest BCUT2D eigenvalue weighted by Crippen LogP contribution is 2.33. The third-order valence-electron chi connectivity index (χ3n) is 5.32. The SMILES string of the molecule is COc1ncc(NC(=O)C(=O)N2C[C@H](C)CC[C@H]2c2ccc(NC(C)=O)nc2)cc1C(N)=O. The van der Waals surface area contributed by atoms with E-state index >= 15 is 0 Å². The van der Waals surface area contributed by atoms with E-state index in [9.17, 15) is 19.2 Å². The van der Waals surface area contributed by atoms with E-state index in [0.29, 0.717) is 18.8 Å². The Morgan fingerprint density at radius 2 is 1.88 bits per heavy atom. The van der Waals surface area contributed by atoms with E-state index in [1.54, 1.807) is 18.3 Å². The summed E-state index contributed by atoms with van der Waals surface area (Å²) in [6, 6.07) is 4.41. The van der Waals surface area contributed by atoms with Crippen LogP contribution in [0.15, 0.2) is 30.6 Å². The first-order chi connectivity index (χ1) is 15.7. The van der Waals surface area contributed by atoms with Crippen molar-refractivity contribution in [2.24, 2.45) is 11.7 Å². The van der Waals surface area contributed by atoms with Crippen molar-refractivity contribution in [1.29, 1.82) is 0 Å². The molecule has 2 aromatic heterocycles. The van der Waals surface area contributed by atoms with E-state index in [1.807, 2.05) is 6.92 Å². The van der Waals surface area contributed by atoms with Crippen molar-refractivity contribution in [3.63, 3.8) is 0 Å². The van der Waals surface area contributed by atoms with Crippen molar-refractivity contribution in [1.82, 2.24) is 14.9 Å². The number of carbonyl (C=O) groups excluding carboxylic acids is 4. The molecule has 11 heteroatoms. The predicted molar refractivity (Wildman–Crippen MR) is 119 cm³/mol. The van der Waals surface area contributed by atoms with Crippen LogP contribution in [0, 0.1) is 5.92 Å². The second kappa shape index (κ2) is 10.1. The Kier molecular flexibility index (Phi) is 7.21. The van der Waals surface area contributed by atoms with Gasteiger partial charge in [0.25, 0.3) is 5.91 Å². The number of amides is 4. The van der Waals surface area contributed by atoms with E-state index in [1.165, 1.54) is 31.2 Å². The van der Waals surface area contributed by atoms with Crippen molar-refractivity contribution < 1.29 is 23.9 Å². The van der Waals surface area contributed by atoms with E-state index in [2.05, 4.69) is 20.6 Å². The summed E-state index contributed by atoms with van der Waals surface area (Å²) in [6.07, 6.45) is 4.42. The fourth-order valence-corrected chi connectivity index (χ4v) is 3.76. The Morgan fingerprint density at radius 3 is 2.48 bits per heavy atom. The molecule has 2 atom stereocenters. The highest BCUT2D eigenvalue weighted by Gasteiger charge is 2.34. The van der Waals surface area contributed by atoms with Crippen LogP contribution in [0.1, 0.15) is 48.7 Å². The summed E-state index contributed by atoms with van der Waals surface area (Å²) in [5.74, 6) is -1.94. The summed E-state index contributed by atoms with van der Waals surface area (Å²) in [6.45, 7) is 3.80. The molecule has 0 aliphatic carbocycles. The molecular weight excluding hydrogens is 428 g/mol. The van der Waals surface area contributed by atoms with Gasteiger partial charge in [-0.05, 0) is 36.5 Å². The highest BCUT2D eigenvalue weighted by atomic mass is 16.5. The summed E-state index contributed by atoms with van der Waals surface area (Å²) in [7, 11) is 1.34. The minimum absolute atomic E-state index is 0.0162. The molecule has 33 heavy (non-hydrogen) atoms. The van der Waals surface area contributed by atoms with Crippen LogP contribution in [0.4, 0.5) is 11.5 Å². The van der Waals surface area contributed by atoms with E-state index in [0.717, 1.165) is 12.0 Å². The van der Waals surface area contributed by atoms with Gasteiger partial charge in [0.05, 0.1) is 25.0 Å². The number of nitrogens with two attached hydrogens (primary N) is 1.